The van der Waals surface area contributed by atoms with Gasteiger partial charge in [0.2, 0.25) is 5.16 Å². The van der Waals surface area contributed by atoms with Crippen LogP contribution in [0.4, 0.5) is 0 Å². The highest BCUT2D eigenvalue weighted by Crippen LogP contribution is 2.15. The van der Waals surface area contributed by atoms with Crippen molar-refractivity contribution < 1.29 is 4.74 Å². The largest absolute Gasteiger partial charge is 0.494 e. The molecule has 0 aliphatic rings. The summed E-state index contributed by atoms with van der Waals surface area (Å²) in [6.45, 7) is 5.01. The van der Waals surface area contributed by atoms with Crippen molar-refractivity contribution in [3.63, 3.8) is 0 Å². The van der Waals surface area contributed by atoms with Crippen molar-refractivity contribution in [2.75, 3.05) is 12.9 Å². The molecule has 1 aromatic carbocycles. The lowest BCUT2D eigenvalue weighted by Crippen LogP contribution is -1.99. The first-order valence-electron chi connectivity index (χ1n) is 8.04. The van der Waals surface area contributed by atoms with Crippen molar-refractivity contribution >= 4 is 18.0 Å². The van der Waals surface area contributed by atoms with E-state index in [-0.39, 0.29) is 0 Å². The Morgan fingerprint density at radius 1 is 1.17 bits per heavy atom. The monoisotopic (exact) mass is 332 g/mol. The zero-order chi connectivity index (χ0) is 16.5. The molecule has 0 bridgehead atoms. The number of thioether (sulfide) groups is 1. The molecular weight excluding hydrogens is 308 g/mol. The maximum absolute atomic E-state index is 5.71. The van der Waals surface area contributed by atoms with Gasteiger partial charge in [0, 0.05) is 6.42 Å². The van der Waals surface area contributed by atoms with Gasteiger partial charge in [-0.1, -0.05) is 38.5 Å². The number of aromatic nitrogens is 3. The first-order chi connectivity index (χ1) is 11.3. The average Bonchev–Trinajstić information content (AvgIpc) is 3.00. The molecule has 6 heteroatoms. The second kappa shape index (κ2) is 9.35. The number of benzene rings is 1. The third-order valence-corrected chi connectivity index (χ3v) is 4.01. The van der Waals surface area contributed by atoms with E-state index < -0.39 is 0 Å². The van der Waals surface area contributed by atoms with Crippen molar-refractivity contribution in [1.29, 1.82) is 0 Å². The summed E-state index contributed by atoms with van der Waals surface area (Å²) in [5.41, 5.74) is 1.02. The Morgan fingerprint density at radius 2 is 1.96 bits per heavy atom. The van der Waals surface area contributed by atoms with E-state index in [0.717, 1.165) is 41.7 Å². The van der Waals surface area contributed by atoms with Crippen molar-refractivity contribution in [2.45, 2.75) is 44.7 Å². The topological polar surface area (TPSA) is 52.3 Å². The van der Waals surface area contributed by atoms with E-state index in [2.05, 4.69) is 22.2 Å². The molecule has 0 unspecified atom stereocenters. The van der Waals surface area contributed by atoms with Crippen LogP contribution in [-0.2, 0) is 6.42 Å². The minimum atomic E-state index is 0.777. The van der Waals surface area contributed by atoms with Crippen LogP contribution in [0.15, 0.2) is 34.5 Å². The van der Waals surface area contributed by atoms with Gasteiger partial charge in [-0.2, -0.15) is 9.78 Å². The molecule has 0 saturated carbocycles. The minimum absolute atomic E-state index is 0.777. The third-order valence-electron chi connectivity index (χ3n) is 3.39. The van der Waals surface area contributed by atoms with Crippen LogP contribution in [-0.4, -0.2) is 34.0 Å². The Kier molecular flexibility index (Phi) is 7.13. The first kappa shape index (κ1) is 17.5. The summed E-state index contributed by atoms with van der Waals surface area (Å²) in [7, 11) is 0. The van der Waals surface area contributed by atoms with Crippen LogP contribution < -0.4 is 4.74 Å². The summed E-state index contributed by atoms with van der Waals surface area (Å²) in [4.78, 5) is 0. The minimum Gasteiger partial charge on any atom is -0.494 e. The SMILES string of the molecule is CCCCCOc1ccc(/C=N\n2c(CC)nnc2SC)cc1. The summed E-state index contributed by atoms with van der Waals surface area (Å²) < 4.78 is 7.50. The predicted molar refractivity (Wildman–Crippen MR) is 95.6 cm³/mol. The van der Waals surface area contributed by atoms with Crippen molar-refractivity contribution in [3.8, 4) is 5.75 Å². The second-order valence-corrected chi connectivity index (χ2v) is 5.91. The number of nitrogens with zero attached hydrogens (tertiary/aromatic N) is 4. The number of hydrogen-bond acceptors (Lipinski definition) is 5. The van der Waals surface area contributed by atoms with Crippen LogP contribution in [0.2, 0.25) is 0 Å². The van der Waals surface area contributed by atoms with Crippen LogP contribution in [0.25, 0.3) is 0 Å². The number of hydrogen-bond donors (Lipinski definition) is 0. The number of aryl methyl sites for hydroxylation is 1. The lowest BCUT2D eigenvalue weighted by Gasteiger charge is -2.05. The second-order valence-electron chi connectivity index (χ2n) is 5.14. The molecule has 0 radical (unpaired) electrons. The maximum atomic E-state index is 5.71. The molecule has 1 aromatic heterocycles. The Bertz CT molecular complexity index is 601. The maximum Gasteiger partial charge on any atom is 0.211 e. The fraction of sp³-hybridized carbons (Fsp3) is 0.471. The van der Waals surface area contributed by atoms with Gasteiger partial charge >= 0.3 is 0 Å². The van der Waals surface area contributed by atoms with Gasteiger partial charge in [0.05, 0.1) is 12.8 Å². The van der Waals surface area contributed by atoms with Crippen LogP contribution in [0, 0.1) is 0 Å². The molecular formula is C17H24N4OS. The molecule has 0 atom stereocenters. The fourth-order valence-corrected chi connectivity index (χ4v) is 2.52. The summed E-state index contributed by atoms with van der Waals surface area (Å²) in [6.07, 6.45) is 8.12. The first-order valence-corrected chi connectivity index (χ1v) is 9.26. The molecule has 0 amide bonds. The lowest BCUT2D eigenvalue weighted by molar-refractivity contribution is 0.306. The standard InChI is InChI=1S/C17H24N4OS/c1-4-6-7-12-22-15-10-8-14(9-11-15)13-18-21-16(5-2)19-20-17(21)23-3/h8-11,13H,4-7,12H2,1-3H3/b18-13-. The normalized spacial score (nSPS) is 11.3. The number of ether oxygens (including phenoxy) is 1. The Labute approximate surface area is 142 Å². The molecule has 5 nitrogen and oxygen atoms in total. The zero-order valence-electron chi connectivity index (χ0n) is 14.0. The Hall–Kier alpha value is -1.82. The molecule has 0 N–H and O–H groups in total. The van der Waals surface area contributed by atoms with Gasteiger partial charge in [-0.15, -0.1) is 10.2 Å². The molecule has 0 saturated heterocycles. The van der Waals surface area contributed by atoms with Crippen LogP contribution in [0.3, 0.4) is 0 Å². The van der Waals surface area contributed by atoms with E-state index >= 15 is 0 Å². The summed E-state index contributed by atoms with van der Waals surface area (Å²) in [6, 6.07) is 7.98. The molecule has 0 spiro atoms. The third kappa shape index (κ3) is 5.10. The smallest absolute Gasteiger partial charge is 0.211 e. The fourth-order valence-electron chi connectivity index (χ4n) is 2.08. The Morgan fingerprint density at radius 3 is 2.61 bits per heavy atom. The van der Waals surface area contributed by atoms with E-state index in [1.165, 1.54) is 24.6 Å². The highest BCUT2D eigenvalue weighted by atomic mass is 32.2. The molecule has 0 aliphatic carbocycles. The van der Waals surface area contributed by atoms with Gasteiger partial charge in [0.1, 0.15) is 5.75 Å². The van der Waals surface area contributed by atoms with Crippen molar-refractivity contribution in [2.24, 2.45) is 5.10 Å². The van der Waals surface area contributed by atoms with E-state index in [4.69, 9.17) is 4.74 Å². The zero-order valence-corrected chi connectivity index (χ0v) is 14.8. The van der Waals surface area contributed by atoms with Gasteiger partial charge < -0.3 is 4.74 Å². The highest BCUT2D eigenvalue weighted by molar-refractivity contribution is 7.98. The lowest BCUT2D eigenvalue weighted by atomic mass is 10.2. The van der Waals surface area contributed by atoms with Gasteiger partial charge in [-0.25, -0.2) is 0 Å². The molecule has 0 fully saturated rings. The van der Waals surface area contributed by atoms with Crippen molar-refractivity contribution in [1.82, 2.24) is 14.9 Å². The van der Waals surface area contributed by atoms with Gasteiger partial charge in [0.25, 0.3) is 0 Å². The number of unbranched alkanes of at least 4 members (excludes halogenated alkanes) is 2. The summed E-state index contributed by atoms with van der Waals surface area (Å²) in [5.74, 6) is 1.77. The number of rotatable bonds is 9. The van der Waals surface area contributed by atoms with Crippen LogP contribution in [0.1, 0.15) is 44.5 Å². The molecule has 124 valence electrons. The molecule has 2 aromatic rings. The van der Waals surface area contributed by atoms with Crippen LogP contribution in [0.5, 0.6) is 5.75 Å². The van der Waals surface area contributed by atoms with E-state index in [1.807, 2.05) is 43.7 Å². The quantitative estimate of drug-likeness (QED) is 0.395. The molecule has 2 rings (SSSR count). The van der Waals surface area contributed by atoms with Gasteiger partial charge in [-0.05, 0) is 42.5 Å². The van der Waals surface area contributed by atoms with Crippen molar-refractivity contribution in [3.05, 3.63) is 35.7 Å². The van der Waals surface area contributed by atoms with E-state index in [1.54, 1.807) is 4.68 Å². The molecule has 1 heterocycles. The van der Waals surface area contributed by atoms with E-state index in [0.29, 0.717) is 0 Å². The average molecular weight is 332 g/mol. The summed E-state index contributed by atoms with van der Waals surface area (Å²) >= 11 is 1.54. The highest BCUT2D eigenvalue weighted by Gasteiger charge is 2.07. The Balaban J connectivity index is 1.99. The van der Waals surface area contributed by atoms with E-state index in [9.17, 15) is 0 Å². The van der Waals surface area contributed by atoms with Crippen LogP contribution >= 0.6 is 11.8 Å². The molecule has 23 heavy (non-hydrogen) atoms. The predicted octanol–water partition coefficient (Wildman–Crippen LogP) is 4.01. The molecule has 0 aliphatic heterocycles. The summed E-state index contributed by atoms with van der Waals surface area (Å²) in [5, 5.41) is 13.6. The van der Waals surface area contributed by atoms with Gasteiger partial charge in [-0.3, -0.25) is 0 Å². The van der Waals surface area contributed by atoms with Gasteiger partial charge in [0.15, 0.2) is 5.82 Å².